The van der Waals surface area contributed by atoms with Crippen molar-refractivity contribution in [3.63, 3.8) is 0 Å². The second kappa shape index (κ2) is 9.02. The number of ether oxygens (including phenoxy) is 2. The van der Waals surface area contributed by atoms with Crippen molar-refractivity contribution < 1.29 is 19.1 Å². The summed E-state index contributed by atoms with van der Waals surface area (Å²) < 4.78 is 9.97. The fourth-order valence-corrected chi connectivity index (χ4v) is 1.48. The lowest BCUT2D eigenvalue weighted by Gasteiger charge is -2.14. The minimum absolute atomic E-state index is 0.147. The Labute approximate surface area is 104 Å². The highest BCUT2D eigenvalue weighted by molar-refractivity contribution is 5.91. The Balaban J connectivity index is 3.73. The Hall–Kier alpha value is -1.06. The van der Waals surface area contributed by atoms with Gasteiger partial charge >= 0.3 is 11.9 Å². The summed E-state index contributed by atoms with van der Waals surface area (Å²) in [5.41, 5.74) is 0. The predicted octanol–water partition coefficient (Wildman–Crippen LogP) is 2.70. The van der Waals surface area contributed by atoms with Gasteiger partial charge in [0.1, 0.15) is 6.42 Å². The van der Waals surface area contributed by atoms with Crippen LogP contribution in [-0.2, 0) is 19.1 Å². The quantitative estimate of drug-likeness (QED) is 0.374. The molecule has 17 heavy (non-hydrogen) atoms. The van der Waals surface area contributed by atoms with Gasteiger partial charge < -0.3 is 9.47 Å². The van der Waals surface area contributed by atoms with Crippen molar-refractivity contribution in [2.75, 3.05) is 6.61 Å². The zero-order valence-corrected chi connectivity index (χ0v) is 11.3. The molecule has 100 valence electrons. The molecule has 1 unspecified atom stereocenters. The summed E-state index contributed by atoms with van der Waals surface area (Å²) in [6, 6.07) is 0. The highest BCUT2D eigenvalue weighted by atomic mass is 16.6. The molecule has 0 aliphatic rings. The molecule has 0 N–H and O–H groups in total. The Morgan fingerprint density at radius 2 is 1.76 bits per heavy atom. The molecule has 1 atom stereocenters. The van der Waals surface area contributed by atoms with Gasteiger partial charge in [0.25, 0.3) is 0 Å². The predicted molar refractivity (Wildman–Crippen MR) is 65.5 cm³/mol. The van der Waals surface area contributed by atoms with Gasteiger partial charge in [0.05, 0.1) is 12.7 Å². The first kappa shape index (κ1) is 15.9. The SMILES string of the molecule is CCCCOC(=O)CC(=O)OC(C)CC(C)C. The van der Waals surface area contributed by atoms with Crippen LogP contribution in [0.2, 0.25) is 0 Å². The molecule has 0 aliphatic heterocycles. The van der Waals surface area contributed by atoms with Crippen LogP contribution in [0, 0.1) is 5.92 Å². The van der Waals surface area contributed by atoms with Gasteiger partial charge in [-0.15, -0.1) is 0 Å². The zero-order chi connectivity index (χ0) is 13.3. The van der Waals surface area contributed by atoms with Crippen LogP contribution >= 0.6 is 0 Å². The van der Waals surface area contributed by atoms with Crippen molar-refractivity contribution >= 4 is 11.9 Å². The van der Waals surface area contributed by atoms with Crippen molar-refractivity contribution in [3.8, 4) is 0 Å². The average molecular weight is 244 g/mol. The van der Waals surface area contributed by atoms with E-state index in [1.807, 2.05) is 13.8 Å². The van der Waals surface area contributed by atoms with Crippen LogP contribution in [0.1, 0.15) is 53.4 Å². The molecule has 0 aliphatic carbocycles. The molecule has 0 rings (SSSR count). The number of carbonyl (C=O) groups excluding carboxylic acids is 2. The number of esters is 2. The van der Waals surface area contributed by atoms with E-state index in [0.717, 1.165) is 19.3 Å². The summed E-state index contributed by atoms with van der Waals surface area (Å²) in [6.45, 7) is 8.34. The summed E-state index contributed by atoms with van der Waals surface area (Å²) in [4.78, 5) is 22.6. The maximum absolute atomic E-state index is 11.4. The Morgan fingerprint density at radius 1 is 1.12 bits per heavy atom. The molecule has 0 saturated heterocycles. The van der Waals surface area contributed by atoms with Crippen LogP contribution in [0.15, 0.2) is 0 Å². The minimum atomic E-state index is -0.500. The summed E-state index contributed by atoms with van der Waals surface area (Å²) in [7, 11) is 0. The first-order valence-electron chi connectivity index (χ1n) is 6.30. The maximum atomic E-state index is 11.4. The van der Waals surface area contributed by atoms with Crippen LogP contribution in [0.25, 0.3) is 0 Å². The molecule has 0 aromatic rings. The van der Waals surface area contributed by atoms with Gasteiger partial charge in [0.2, 0.25) is 0 Å². The lowest BCUT2D eigenvalue weighted by molar-refractivity contribution is -0.157. The molecule has 0 radical (unpaired) electrons. The van der Waals surface area contributed by atoms with E-state index in [1.54, 1.807) is 0 Å². The first-order valence-corrected chi connectivity index (χ1v) is 6.30. The van der Waals surface area contributed by atoms with Gasteiger partial charge in [-0.2, -0.15) is 0 Å². The zero-order valence-electron chi connectivity index (χ0n) is 11.3. The van der Waals surface area contributed by atoms with E-state index in [0.29, 0.717) is 12.5 Å². The van der Waals surface area contributed by atoms with Crippen LogP contribution in [-0.4, -0.2) is 24.6 Å². The molecular formula is C13H24O4. The summed E-state index contributed by atoms with van der Waals surface area (Å²) in [5.74, 6) is -0.533. The third-order valence-electron chi connectivity index (χ3n) is 2.19. The number of hydrogen-bond donors (Lipinski definition) is 0. The Kier molecular flexibility index (Phi) is 8.46. The fraction of sp³-hybridized carbons (Fsp3) is 0.846. The molecule has 4 nitrogen and oxygen atoms in total. The molecule has 0 amide bonds. The topological polar surface area (TPSA) is 52.6 Å². The van der Waals surface area contributed by atoms with E-state index < -0.39 is 11.9 Å². The lowest BCUT2D eigenvalue weighted by atomic mass is 10.1. The van der Waals surface area contributed by atoms with Crippen molar-refractivity contribution in [1.82, 2.24) is 0 Å². The highest BCUT2D eigenvalue weighted by Crippen LogP contribution is 2.08. The van der Waals surface area contributed by atoms with Gasteiger partial charge in [0, 0.05) is 0 Å². The summed E-state index contributed by atoms with van der Waals surface area (Å²) >= 11 is 0. The largest absolute Gasteiger partial charge is 0.465 e. The van der Waals surface area contributed by atoms with Gasteiger partial charge in [0.15, 0.2) is 0 Å². The minimum Gasteiger partial charge on any atom is -0.465 e. The second-order valence-corrected chi connectivity index (χ2v) is 4.68. The third-order valence-corrected chi connectivity index (χ3v) is 2.19. The van der Waals surface area contributed by atoms with E-state index in [-0.39, 0.29) is 12.5 Å². The number of carbonyl (C=O) groups is 2. The molecule has 0 bridgehead atoms. The Bertz CT molecular complexity index is 236. The fourth-order valence-electron chi connectivity index (χ4n) is 1.48. The van der Waals surface area contributed by atoms with Gasteiger partial charge in [-0.1, -0.05) is 27.2 Å². The van der Waals surface area contributed by atoms with E-state index in [4.69, 9.17) is 9.47 Å². The van der Waals surface area contributed by atoms with Crippen molar-refractivity contribution in [2.24, 2.45) is 5.92 Å². The standard InChI is InChI=1S/C13H24O4/c1-5-6-7-16-12(14)9-13(15)17-11(4)8-10(2)3/h10-11H,5-9H2,1-4H3. The summed E-state index contributed by atoms with van der Waals surface area (Å²) in [5, 5.41) is 0. The summed E-state index contributed by atoms with van der Waals surface area (Å²) in [6.07, 6.45) is 2.15. The van der Waals surface area contributed by atoms with Crippen LogP contribution in [0.5, 0.6) is 0 Å². The molecule has 0 spiro atoms. The van der Waals surface area contributed by atoms with E-state index in [2.05, 4.69) is 13.8 Å². The number of rotatable bonds is 8. The first-order chi connectivity index (χ1) is 7.95. The smallest absolute Gasteiger partial charge is 0.317 e. The monoisotopic (exact) mass is 244 g/mol. The number of hydrogen-bond acceptors (Lipinski definition) is 4. The maximum Gasteiger partial charge on any atom is 0.317 e. The van der Waals surface area contributed by atoms with Crippen LogP contribution in [0.4, 0.5) is 0 Å². The van der Waals surface area contributed by atoms with Crippen LogP contribution in [0.3, 0.4) is 0 Å². The molecular weight excluding hydrogens is 220 g/mol. The van der Waals surface area contributed by atoms with E-state index >= 15 is 0 Å². The number of unbranched alkanes of at least 4 members (excludes halogenated alkanes) is 1. The Morgan fingerprint density at radius 3 is 2.29 bits per heavy atom. The molecule has 0 heterocycles. The normalized spacial score (nSPS) is 12.3. The highest BCUT2D eigenvalue weighted by Gasteiger charge is 2.15. The van der Waals surface area contributed by atoms with Crippen molar-refractivity contribution in [2.45, 2.75) is 59.5 Å². The van der Waals surface area contributed by atoms with Gasteiger partial charge in [-0.05, 0) is 25.7 Å². The third kappa shape index (κ3) is 9.85. The molecule has 0 aromatic carbocycles. The van der Waals surface area contributed by atoms with Crippen LogP contribution < -0.4 is 0 Å². The van der Waals surface area contributed by atoms with Gasteiger partial charge in [-0.25, -0.2) is 0 Å². The molecule has 0 aromatic heterocycles. The second-order valence-electron chi connectivity index (χ2n) is 4.68. The van der Waals surface area contributed by atoms with Crippen molar-refractivity contribution in [3.05, 3.63) is 0 Å². The average Bonchev–Trinajstić information content (AvgIpc) is 2.15. The molecule has 4 heteroatoms. The van der Waals surface area contributed by atoms with Gasteiger partial charge in [-0.3, -0.25) is 9.59 Å². The van der Waals surface area contributed by atoms with Crippen molar-refractivity contribution in [1.29, 1.82) is 0 Å². The van der Waals surface area contributed by atoms with E-state index in [9.17, 15) is 9.59 Å². The molecule has 0 fully saturated rings. The molecule has 0 saturated carbocycles. The lowest BCUT2D eigenvalue weighted by Crippen LogP contribution is -2.20. The van der Waals surface area contributed by atoms with E-state index in [1.165, 1.54) is 0 Å².